The fraction of sp³-hybridized carbons (Fsp3) is 0.692. The fourth-order valence-electron chi connectivity index (χ4n) is 2.72. The van der Waals surface area contributed by atoms with Gasteiger partial charge in [0.25, 0.3) is 5.56 Å². The zero-order valence-corrected chi connectivity index (χ0v) is 10.4. The molecule has 1 unspecified atom stereocenters. The Bertz CT molecular complexity index is 396. The largest absolute Gasteiger partial charge is 0.315 e. The molecule has 1 saturated carbocycles. The summed E-state index contributed by atoms with van der Waals surface area (Å²) < 4.78 is 1.57. The Morgan fingerprint density at radius 2 is 2.24 bits per heavy atom. The fourth-order valence-corrected chi connectivity index (χ4v) is 2.72. The maximum atomic E-state index is 11.6. The van der Waals surface area contributed by atoms with E-state index in [1.54, 1.807) is 23.0 Å². The molecule has 1 atom stereocenters. The molecule has 0 radical (unpaired) electrons. The van der Waals surface area contributed by atoms with Gasteiger partial charge in [0, 0.05) is 18.3 Å². The minimum Gasteiger partial charge on any atom is -0.315 e. The average Bonchev–Trinajstić information content (AvgIpc) is 2.39. The van der Waals surface area contributed by atoms with Crippen molar-refractivity contribution in [2.24, 2.45) is 5.92 Å². The molecular formula is C13H21N3O. The maximum Gasteiger partial charge on any atom is 0.266 e. The quantitative estimate of drug-likeness (QED) is 0.858. The van der Waals surface area contributed by atoms with Gasteiger partial charge in [-0.3, -0.25) is 4.79 Å². The van der Waals surface area contributed by atoms with Gasteiger partial charge < -0.3 is 5.32 Å². The predicted octanol–water partition coefficient (Wildman–Crippen LogP) is 1.41. The summed E-state index contributed by atoms with van der Waals surface area (Å²) >= 11 is 0. The van der Waals surface area contributed by atoms with E-state index in [9.17, 15) is 4.79 Å². The van der Waals surface area contributed by atoms with Crippen molar-refractivity contribution in [2.75, 3.05) is 7.05 Å². The Balaban J connectivity index is 2.04. The Labute approximate surface area is 102 Å². The minimum atomic E-state index is -0.0106. The molecule has 94 valence electrons. The van der Waals surface area contributed by atoms with E-state index >= 15 is 0 Å². The lowest BCUT2D eigenvalue weighted by molar-refractivity contribution is 0.249. The van der Waals surface area contributed by atoms with Crippen LogP contribution in [0.15, 0.2) is 23.1 Å². The molecule has 0 saturated heterocycles. The molecule has 1 heterocycles. The van der Waals surface area contributed by atoms with Gasteiger partial charge in [-0.1, -0.05) is 19.3 Å². The van der Waals surface area contributed by atoms with Crippen LogP contribution in [0, 0.1) is 5.92 Å². The highest BCUT2D eigenvalue weighted by Gasteiger charge is 2.23. The van der Waals surface area contributed by atoms with E-state index < -0.39 is 0 Å². The summed E-state index contributed by atoms with van der Waals surface area (Å²) in [5.41, 5.74) is -0.0106. The SMILES string of the molecule is CNC(Cn1ncccc1=O)C1CCCCC1. The molecule has 1 aliphatic carbocycles. The molecular weight excluding hydrogens is 214 g/mol. The molecule has 0 bridgehead atoms. The molecule has 0 aliphatic heterocycles. The monoisotopic (exact) mass is 235 g/mol. The highest BCUT2D eigenvalue weighted by atomic mass is 16.1. The molecule has 17 heavy (non-hydrogen) atoms. The van der Waals surface area contributed by atoms with Crippen molar-refractivity contribution < 1.29 is 0 Å². The Kier molecular flexibility index (Phi) is 4.31. The molecule has 4 heteroatoms. The van der Waals surface area contributed by atoms with Crippen molar-refractivity contribution in [1.82, 2.24) is 15.1 Å². The van der Waals surface area contributed by atoms with Gasteiger partial charge in [-0.15, -0.1) is 0 Å². The van der Waals surface area contributed by atoms with Gasteiger partial charge in [0.2, 0.25) is 0 Å². The lowest BCUT2D eigenvalue weighted by atomic mass is 9.84. The van der Waals surface area contributed by atoms with Crippen molar-refractivity contribution in [3.63, 3.8) is 0 Å². The van der Waals surface area contributed by atoms with Gasteiger partial charge in [0.15, 0.2) is 0 Å². The van der Waals surface area contributed by atoms with Crippen LogP contribution in [-0.4, -0.2) is 22.9 Å². The van der Waals surface area contributed by atoms with E-state index in [0.717, 1.165) is 0 Å². The third kappa shape index (κ3) is 3.16. The lowest BCUT2D eigenvalue weighted by Crippen LogP contribution is -2.41. The molecule has 0 amide bonds. The van der Waals surface area contributed by atoms with E-state index in [4.69, 9.17) is 0 Å². The van der Waals surface area contributed by atoms with Crippen LogP contribution in [0.5, 0.6) is 0 Å². The minimum absolute atomic E-state index is 0.0106. The standard InChI is InChI=1S/C13H21N3O/c1-14-12(11-6-3-2-4-7-11)10-16-13(17)8-5-9-15-16/h5,8-9,11-12,14H,2-4,6-7,10H2,1H3. The normalized spacial score (nSPS) is 19.1. The first-order valence-corrected chi connectivity index (χ1v) is 6.50. The zero-order valence-electron chi connectivity index (χ0n) is 10.4. The highest BCUT2D eigenvalue weighted by Crippen LogP contribution is 2.26. The van der Waals surface area contributed by atoms with Gasteiger partial charge in [-0.25, -0.2) is 4.68 Å². The second-order valence-corrected chi connectivity index (χ2v) is 4.84. The van der Waals surface area contributed by atoms with E-state index in [1.165, 1.54) is 32.1 Å². The van der Waals surface area contributed by atoms with Crippen LogP contribution in [0.4, 0.5) is 0 Å². The van der Waals surface area contributed by atoms with Crippen LogP contribution in [0.3, 0.4) is 0 Å². The molecule has 1 N–H and O–H groups in total. The summed E-state index contributed by atoms with van der Waals surface area (Å²) in [5, 5.41) is 7.47. The second-order valence-electron chi connectivity index (χ2n) is 4.84. The number of aromatic nitrogens is 2. The smallest absolute Gasteiger partial charge is 0.266 e. The lowest BCUT2D eigenvalue weighted by Gasteiger charge is -2.30. The molecule has 1 aromatic rings. The summed E-state index contributed by atoms with van der Waals surface area (Å²) in [5.74, 6) is 0.683. The first-order valence-electron chi connectivity index (χ1n) is 6.50. The molecule has 1 aromatic heterocycles. The van der Waals surface area contributed by atoms with E-state index in [0.29, 0.717) is 18.5 Å². The average molecular weight is 235 g/mol. The molecule has 0 aromatic carbocycles. The summed E-state index contributed by atoms with van der Waals surface area (Å²) in [6, 6.07) is 3.62. The predicted molar refractivity (Wildman–Crippen MR) is 67.9 cm³/mol. The summed E-state index contributed by atoms with van der Waals surface area (Å²) in [6.07, 6.45) is 8.21. The Morgan fingerprint density at radius 3 is 2.88 bits per heavy atom. The topological polar surface area (TPSA) is 46.9 Å². The van der Waals surface area contributed by atoms with E-state index in [1.807, 2.05) is 7.05 Å². The molecule has 1 fully saturated rings. The van der Waals surface area contributed by atoms with Gasteiger partial charge in [-0.05, 0) is 31.9 Å². The van der Waals surface area contributed by atoms with Gasteiger partial charge in [-0.2, -0.15) is 5.10 Å². The van der Waals surface area contributed by atoms with Crippen molar-refractivity contribution in [3.05, 3.63) is 28.7 Å². The molecule has 2 rings (SSSR count). The first-order chi connectivity index (χ1) is 8.31. The van der Waals surface area contributed by atoms with Crippen molar-refractivity contribution in [2.45, 2.75) is 44.7 Å². The maximum absolute atomic E-state index is 11.6. The van der Waals surface area contributed by atoms with E-state index in [2.05, 4.69) is 10.4 Å². The van der Waals surface area contributed by atoms with Crippen LogP contribution < -0.4 is 10.9 Å². The van der Waals surface area contributed by atoms with Gasteiger partial charge in [0.05, 0.1) is 6.54 Å². The van der Waals surface area contributed by atoms with Crippen LogP contribution in [0.1, 0.15) is 32.1 Å². The number of rotatable bonds is 4. The summed E-state index contributed by atoms with van der Waals surface area (Å²) in [6.45, 7) is 0.681. The number of likely N-dealkylation sites (N-methyl/N-ethyl adjacent to an activating group) is 1. The third-order valence-corrected chi connectivity index (χ3v) is 3.74. The summed E-state index contributed by atoms with van der Waals surface area (Å²) in [7, 11) is 1.98. The third-order valence-electron chi connectivity index (χ3n) is 3.74. The molecule has 0 spiro atoms. The number of nitrogens with one attached hydrogen (secondary N) is 1. The Hall–Kier alpha value is -1.16. The van der Waals surface area contributed by atoms with E-state index in [-0.39, 0.29) is 5.56 Å². The van der Waals surface area contributed by atoms with Crippen LogP contribution in [0.2, 0.25) is 0 Å². The first kappa shape index (κ1) is 12.3. The van der Waals surface area contributed by atoms with Crippen LogP contribution >= 0.6 is 0 Å². The van der Waals surface area contributed by atoms with Crippen LogP contribution in [-0.2, 0) is 6.54 Å². The summed E-state index contributed by atoms with van der Waals surface area (Å²) in [4.78, 5) is 11.6. The van der Waals surface area contributed by atoms with Crippen molar-refractivity contribution in [1.29, 1.82) is 0 Å². The Morgan fingerprint density at radius 1 is 1.47 bits per heavy atom. The second kappa shape index (κ2) is 5.96. The number of hydrogen-bond acceptors (Lipinski definition) is 3. The molecule has 1 aliphatic rings. The highest BCUT2D eigenvalue weighted by molar-refractivity contribution is 4.86. The number of hydrogen-bond donors (Lipinski definition) is 1. The van der Waals surface area contributed by atoms with Crippen LogP contribution in [0.25, 0.3) is 0 Å². The van der Waals surface area contributed by atoms with Crippen molar-refractivity contribution in [3.8, 4) is 0 Å². The number of nitrogens with zero attached hydrogens (tertiary/aromatic N) is 2. The van der Waals surface area contributed by atoms with Gasteiger partial charge in [0.1, 0.15) is 0 Å². The molecule has 4 nitrogen and oxygen atoms in total. The van der Waals surface area contributed by atoms with Crippen molar-refractivity contribution >= 4 is 0 Å². The van der Waals surface area contributed by atoms with Gasteiger partial charge >= 0.3 is 0 Å². The zero-order chi connectivity index (χ0) is 12.1.